The van der Waals surface area contributed by atoms with Gasteiger partial charge in [0.1, 0.15) is 5.60 Å². The minimum atomic E-state index is -0.511. The molecule has 0 aromatic heterocycles. The first kappa shape index (κ1) is 30.0. The van der Waals surface area contributed by atoms with Crippen molar-refractivity contribution in [2.45, 2.75) is 110 Å². The maximum atomic E-state index is 11.7. The van der Waals surface area contributed by atoms with E-state index in [1.54, 1.807) is 0 Å². The fourth-order valence-corrected chi connectivity index (χ4v) is 2.89. The molecule has 0 saturated carbocycles. The van der Waals surface area contributed by atoms with Crippen molar-refractivity contribution in [2.75, 3.05) is 13.2 Å². The molecule has 0 heterocycles. The highest BCUT2D eigenvalue weighted by Crippen LogP contribution is 2.09. The molecule has 0 spiro atoms. The van der Waals surface area contributed by atoms with Crippen LogP contribution in [0.15, 0.2) is 36.5 Å². The first-order valence-electron chi connectivity index (χ1n) is 12.4. The molecular formula is C27H47NO4. The third-order valence-electron chi connectivity index (χ3n) is 4.53. The molecule has 5 nitrogen and oxygen atoms in total. The molecule has 0 bridgehead atoms. The highest BCUT2D eigenvalue weighted by Gasteiger charge is 2.15. The fraction of sp³-hybridized carbons (Fsp3) is 0.704. The molecule has 5 heteroatoms. The molecule has 0 radical (unpaired) electrons. The predicted octanol–water partition coefficient (Wildman–Crippen LogP) is 7.42. The lowest BCUT2D eigenvalue weighted by Crippen LogP contribution is -2.33. The molecule has 0 unspecified atom stereocenters. The summed E-state index contributed by atoms with van der Waals surface area (Å²) in [4.78, 5) is 23.2. The van der Waals surface area contributed by atoms with E-state index in [0.29, 0.717) is 26.0 Å². The van der Waals surface area contributed by atoms with Gasteiger partial charge in [-0.3, -0.25) is 4.79 Å². The number of ether oxygens (including phenoxy) is 2. The largest absolute Gasteiger partial charge is 0.466 e. The fourth-order valence-electron chi connectivity index (χ4n) is 2.89. The van der Waals surface area contributed by atoms with Gasteiger partial charge in [-0.25, -0.2) is 4.79 Å². The molecule has 0 fully saturated rings. The van der Waals surface area contributed by atoms with E-state index in [4.69, 9.17) is 9.47 Å². The van der Waals surface area contributed by atoms with E-state index in [-0.39, 0.29) is 5.97 Å². The zero-order chi connectivity index (χ0) is 23.9. The molecule has 184 valence electrons. The van der Waals surface area contributed by atoms with Gasteiger partial charge in [0.2, 0.25) is 0 Å². The third-order valence-corrected chi connectivity index (χ3v) is 4.53. The molecule has 1 N–H and O–H groups in total. The van der Waals surface area contributed by atoms with Crippen LogP contribution in [0.25, 0.3) is 0 Å². The van der Waals surface area contributed by atoms with Crippen LogP contribution in [-0.2, 0) is 14.3 Å². The van der Waals surface area contributed by atoms with E-state index in [1.165, 1.54) is 25.7 Å². The number of carbonyl (C=O) groups is 2. The summed E-state index contributed by atoms with van der Waals surface area (Å²) >= 11 is 0. The minimum Gasteiger partial charge on any atom is -0.466 e. The smallest absolute Gasteiger partial charge is 0.407 e. The van der Waals surface area contributed by atoms with Crippen LogP contribution >= 0.6 is 0 Å². The number of amides is 1. The van der Waals surface area contributed by atoms with E-state index in [2.05, 4.69) is 48.7 Å². The van der Waals surface area contributed by atoms with Gasteiger partial charge in [0.15, 0.2) is 0 Å². The lowest BCUT2D eigenvalue weighted by molar-refractivity contribution is -0.143. The van der Waals surface area contributed by atoms with Gasteiger partial charge in [0.25, 0.3) is 0 Å². The van der Waals surface area contributed by atoms with Crippen molar-refractivity contribution in [1.82, 2.24) is 5.32 Å². The van der Waals surface area contributed by atoms with Crippen LogP contribution in [0.2, 0.25) is 0 Å². The Bertz CT molecular complexity index is 558. The normalized spacial score (nSPS) is 12.1. The van der Waals surface area contributed by atoms with E-state index >= 15 is 0 Å². The maximum Gasteiger partial charge on any atom is 0.407 e. The van der Waals surface area contributed by atoms with Crippen molar-refractivity contribution in [2.24, 2.45) is 0 Å². The molecular weight excluding hydrogens is 402 g/mol. The van der Waals surface area contributed by atoms with Crippen molar-refractivity contribution < 1.29 is 19.1 Å². The van der Waals surface area contributed by atoms with Gasteiger partial charge in [0.05, 0.1) is 6.61 Å². The highest BCUT2D eigenvalue weighted by atomic mass is 16.6. The van der Waals surface area contributed by atoms with Gasteiger partial charge in [-0.05, 0) is 65.7 Å². The Kier molecular flexibility index (Phi) is 19.5. The monoisotopic (exact) mass is 449 g/mol. The molecule has 1 amide bonds. The first-order chi connectivity index (χ1) is 15.3. The second-order valence-electron chi connectivity index (χ2n) is 8.96. The molecule has 0 aromatic carbocycles. The topological polar surface area (TPSA) is 64.6 Å². The maximum absolute atomic E-state index is 11.7. The van der Waals surface area contributed by atoms with Gasteiger partial charge < -0.3 is 14.8 Å². The average Bonchev–Trinajstić information content (AvgIpc) is 2.72. The van der Waals surface area contributed by atoms with Crippen molar-refractivity contribution in [3.8, 4) is 0 Å². The number of rotatable bonds is 18. The second-order valence-corrected chi connectivity index (χ2v) is 8.96. The van der Waals surface area contributed by atoms with Crippen molar-refractivity contribution in [3.05, 3.63) is 36.5 Å². The summed E-state index contributed by atoms with van der Waals surface area (Å²) < 4.78 is 10.4. The molecule has 0 aromatic rings. The number of hydrogen-bond acceptors (Lipinski definition) is 4. The van der Waals surface area contributed by atoms with Crippen LogP contribution in [0.3, 0.4) is 0 Å². The van der Waals surface area contributed by atoms with Gasteiger partial charge in [0, 0.05) is 13.0 Å². The van der Waals surface area contributed by atoms with Crippen LogP contribution in [-0.4, -0.2) is 30.8 Å². The second kappa shape index (κ2) is 20.8. The molecule has 0 atom stereocenters. The first-order valence-corrected chi connectivity index (χ1v) is 12.4. The summed E-state index contributed by atoms with van der Waals surface area (Å²) in [7, 11) is 0. The highest BCUT2D eigenvalue weighted by molar-refractivity contribution is 5.70. The van der Waals surface area contributed by atoms with Crippen LogP contribution < -0.4 is 5.32 Å². The van der Waals surface area contributed by atoms with Crippen LogP contribution in [0.1, 0.15) is 105 Å². The molecule has 0 saturated heterocycles. The number of carbonyl (C=O) groups excluding carboxylic acids is 2. The molecule has 0 aliphatic carbocycles. The SMILES string of the molecule is CCC=CCC=CCC=CCCCCCCCCOC(=O)CCCNC(=O)OC(C)(C)C. The summed E-state index contributed by atoms with van der Waals surface area (Å²) in [5, 5.41) is 2.64. The Morgan fingerprint density at radius 1 is 0.781 bits per heavy atom. The Morgan fingerprint density at radius 3 is 2.03 bits per heavy atom. The van der Waals surface area contributed by atoms with Gasteiger partial charge in [-0.1, -0.05) is 69.1 Å². The van der Waals surface area contributed by atoms with Crippen LogP contribution in [0.5, 0.6) is 0 Å². The number of allylic oxidation sites excluding steroid dienone is 6. The van der Waals surface area contributed by atoms with Crippen molar-refractivity contribution in [3.63, 3.8) is 0 Å². The molecule has 0 aliphatic rings. The summed E-state index contributed by atoms with van der Waals surface area (Å²) in [6.45, 7) is 8.50. The van der Waals surface area contributed by atoms with E-state index < -0.39 is 11.7 Å². The number of nitrogens with one attached hydrogen (secondary N) is 1. The molecule has 32 heavy (non-hydrogen) atoms. The minimum absolute atomic E-state index is 0.199. The van der Waals surface area contributed by atoms with Gasteiger partial charge in [-0.15, -0.1) is 0 Å². The van der Waals surface area contributed by atoms with Crippen molar-refractivity contribution >= 4 is 12.1 Å². The number of unbranched alkanes of at least 4 members (excludes halogenated alkanes) is 6. The average molecular weight is 450 g/mol. The van der Waals surface area contributed by atoms with E-state index in [0.717, 1.165) is 38.5 Å². The summed E-state index contributed by atoms with van der Waals surface area (Å²) in [6, 6.07) is 0. The van der Waals surface area contributed by atoms with E-state index in [9.17, 15) is 9.59 Å². The third kappa shape index (κ3) is 24.2. The standard InChI is InChI=1S/C27H47NO4/c1-5-6-7-8-9-10-11-12-13-14-15-16-17-18-19-20-24-31-25(29)22-21-23-28-26(30)32-27(2,3)4/h6-7,9-10,12-13H,5,8,11,14-24H2,1-4H3,(H,28,30). The number of alkyl carbamates (subject to hydrolysis) is 1. The zero-order valence-corrected chi connectivity index (χ0v) is 21.0. The summed E-state index contributed by atoms with van der Waals surface area (Å²) in [5.41, 5.74) is -0.511. The zero-order valence-electron chi connectivity index (χ0n) is 21.0. The predicted molar refractivity (Wildman–Crippen MR) is 134 cm³/mol. The molecule has 0 rings (SSSR count). The van der Waals surface area contributed by atoms with E-state index in [1.807, 2.05) is 20.8 Å². The Hall–Kier alpha value is -2.04. The summed E-state index contributed by atoms with van der Waals surface area (Å²) in [6.07, 6.45) is 25.1. The Labute approximate surface area is 196 Å². The number of hydrogen-bond donors (Lipinski definition) is 1. The summed E-state index contributed by atoms with van der Waals surface area (Å²) in [5.74, 6) is -0.199. The van der Waals surface area contributed by atoms with Gasteiger partial charge >= 0.3 is 12.1 Å². The Morgan fingerprint density at radius 2 is 1.38 bits per heavy atom. The molecule has 0 aliphatic heterocycles. The lowest BCUT2D eigenvalue weighted by atomic mass is 10.1. The lowest BCUT2D eigenvalue weighted by Gasteiger charge is -2.19. The number of esters is 1. The van der Waals surface area contributed by atoms with Crippen LogP contribution in [0, 0.1) is 0 Å². The van der Waals surface area contributed by atoms with Gasteiger partial charge in [-0.2, -0.15) is 0 Å². The Balaban J connectivity index is 3.39. The van der Waals surface area contributed by atoms with Crippen molar-refractivity contribution in [1.29, 1.82) is 0 Å². The van der Waals surface area contributed by atoms with Crippen LogP contribution in [0.4, 0.5) is 4.79 Å². The quantitative estimate of drug-likeness (QED) is 0.134.